The maximum absolute atomic E-state index is 9.84. The Morgan fingerprint density at radius 3 is 2.50 bits per heavy atom. The summed E-state index contributed by atoms with van der Waals surface area (Å²) in [5.41, 5.74) is 3.81. The molecule has 6 heteroatoms. The first-order chi connectivity index (χ1) is 13.7. The summed E-state index contributed by atoms with van der Waals surface area (Å²) in [4.78, 5) is 9.45. The number of halogens is 1. The topological polar surface area (TPSA) is 43.2 Å². The summed E-state index contributed by atoms with van der Waals surface area (Å²) in [6, 6.07) is 18.5. The fraction of sp³-hybridized carbons (Fsp3) is 0.273. The molecule has 0 amide bonds. The number of hydrogen-bond donors (Lipinski definition) is 0. The lowest BCUT2D eigenvalue weighted by molar-refractivity contribution is 0.250. The lowest BCUT2D eigenvalue weighted by Gasteiger charge is -2.37. The number of anilines is 1. The second kappa shape index (κ2) is 8.40. The zero-order valence-electron chi connectivity index (χ0n) is 15.7. The van der Waals surface area contributed by atoms with Gasteiger partial charge in [0.1, 0.15) is 16.7 Å². The standard InChI is InChI=1S/C22H21ClN4S/c1-28-22-18(14-24)21(17-7-3-5-9-20(17)25-22)27-12-10-26(11-13-27)15-16-6-2-4-8-19(16)23/h2-9H,10-13,15H2,1H3. The van der Waals surface area contributed by atoms with Crippen molar-refractivity contribution in [3.05, 3.63) is 64.7 Å². The van der Waals surface area contributed by atoms with Gasteiger partial charge in [0.2, 0.25) is 0 Å². The summed E-state index contributed by atoms with van der Waals surface area (Å²) < 4.78 is 0. The van der Waals surface area contributed by atoms with Crippen LogP contribution in [0, 0.1) is 11.3 Å². The van der Waals surface area contributed by atoms with Crippen LogP contribution in [0.2, 0.25) is 5.02 Å². The number of thioether (sulfide) groups is 1. The molecule has 0 saturated carbocycles. The van der Waals surface area contributed by atoms with E-state index in [0.29, 0.717) is 5.56 Å². The highest BCUT2D eigenvalue weighted by Gasteiger charge is 2.24. The van der Waals surface area contributed by atoms with Gasteiger partial charge in [-0.1, -0.05) is 48.0 Å². The molecule has 2 aromatic carbocycles. The number of benzene rings is 2. The SMILES string of the molecule is CSc1nc2ccccc2c(N2CCN(Cc3ccccc3Cl)CC2)c1C#N. The average Bonchev–Trinajstić information content (AvgIpc) is 2.74. The van der Waals surface area contributed by atoms with Gasteiger partial charge in [-0.2, -0.15) is 5.26 Å². The molecule has 0 aliphatic carbocycles. The number of fused-ring (bicyclic) bond motifs is 1. The van der Waals surface area contributed by atoms with E-state index in [2.05, 4.69) is 33.0 Å². The van der Waals surface area contributed by atoms with Crippen LogP contribution in [-0.4, -0.2) is 42.3 Å². The fourth-order valence-electron chi connectivity index (χ4n) is 3.75. The van der Waals surface area contributed by atoms with Crippen LogP contribution in [-0.2, 0) is 6.54 Å². The lowest BCUT2D eigenvalue weighted by atomic mass is 10.1. The number of aromatic nitrogens is 1. The molecule has 0 radical (unpaired) electrons. The number of nitriles is 1. The molecule has 3 aromatic rings. The first-order valence-electron chi connectivity index (χ1n) is 9.29. The molecule has 1 aliphatic rings. The highest BCUT2D eigenvalue weighted by Crippen LogP contribution is 2.35. The lowest BCUT2D eigenvalue weighted by Crippen LogP contribution is -2.46. The van der Waals surface area contributed by atoms with Crippen LogP contribution >= 0.6 is 23.4 Å². The largest absolute Gasteiger partial charge is 0.367 e. The van der Waals surface area contributed by atoms with Crippen molar-refractivity contribution in [3.8, 4) is 6.07 Å². The van der Waals surface area contributed by atoms with E-state index in [1.807, 2.05) is 42.7 Å². The zero-order valence-corrected chi connectivity index (χ0v) is 17.3. The van der Waals surface area contributed by atoms with E-state index in [1.165, 1.54) is 11.8 Å². The van der Waals surface area contributed by atoms with Gasteiger partial charge in [0, 0.05) is 43.1 Å². The van der Waals surface area contributed by atoms with Crippen LogP contribution in [0.15, 0.2) is 53.6 Å². The Labute approximate surface area is 174 Å². The Hall–Kier alpha value is -2.26. The first kappa shape index (κ1) is 19.1. The summed E-state index contributed by atoms with van der Waals surface area (Å²) in [6.07, 6.45) is 1.98. The monoisotopic (exact) mass is 408 g/mol. The summed E-state index contributed by atoms with van der Waals surface area (Å²) in [5.74, 6) is 0. The third kappa shape index (κ3) is 3.68. The van der Waals surface area contributed by atoms with E-state index in [1.54, 1.807) is 0 Å². The van der Waals surface area contributed by atoms with E-state index in [-0.39, 0.29) is 0 Å². The van der Waals surface area contributed by atoms with E-state index in [9.17, 15) is 5.26 Å². The van der Waals surface area contributed by atoms with Crippen LogP contribution in [0.25, 0.3) is 10.9 Å². The highest BCUT2D eigenvalue weighted by molar-refractivity contribution is 7.98. The molecule has 1 saturated heterocycles. The molecule has 0 N–H and O–H groups in total. The summed E-state index contributed by atoms with van der Waals surface area (Å²) in [5, 5.41) is 12.5. The van der Waals surface area contributed by atoms with Crippen LogP contribution in [0.1, 0.15) is 11.1 Å². The molecule has 142 valence electrons. The minimum atomic E-state index is 0.686. The molecular weight excluding hydrogens is 388 g/mol. The van der Waals surface area contributed by atoms with E-state index < -0.39 is 0 Å². The minimum Gasteiger partial charge on any atom is -0.367 e. The third-order valence-electron chi connectivity index (χ3n) is 5.18. The molecule has 4 rings (SSSR count). The summed E-state index contributed by atoms with van der Waals surface area (Å²) >= 11 is 7.86. The number of piperazine rings is 1. The predicted molar refractivity (Wildman–Crippen MR) is 117 cm³/mol. The molecule has 0 spiro atoms. The Morgan fingerprint density at radius 2 is 1.79 bits per heavy atom. The number of pyridine rings is 1. The normalized spacial score (nSPS) is 15.0. The second-order valence-electron chi connectivity index (χ2n) is 6.83. The molecule has 0 atom stereocenters. The molecule has 2 heterocycles. The van der Waals surface area contributed by atoms with Crippen LogP contribution in [0.4, 0.5) is 5.69 Å². The number of para-hydroxylation sites is 1. The molecule has 1 fully saturated rings. The van der Waals surface area contributed by atoms with Crippen LogP contribution in [0.5, 0.6) is 0 Å². The van der Waals surface area contributed by atoms with Gasteiger partial charge >= 0.3 is 0 Å². The van der Waals surface area contributed by atoms with Crippen molar-refractivity contribution in [3.63, 3.8) is 0 Å². The Morgan fingerprint density at radius 1 is 1.07 bits per heavy atom. The second-order valence-corrected chi connectivity index (χ2v) is 8.03. The number of rotatable bonds is 4. The minimum absolute atomic E-state index is 0.686. The molecule has 1 aromatic heterocycles. The average molecular weight is 409 g/mol. The van der Waals surface area contributed by atoms with Gasteiger partial charge in [-0.3, -0.25) is 4.90 Å². The van der Waals surface area contributed by atoms with Crippen molar-refractivity contribution in [1.29, 1.82) is 5.26 Å². The van der Waals surface area contributed by atoms with Crippen LogP contribution in [0.3, 0.4) is 0 Å². The fourth-order valence-corrected chi connectivity index (χ4v) is 4.48. The Kier molecular flexibility index (Phi) is 5.72. The summed E-state index contributed by atoms with van der Waals surface area (Å²) in [6.45, 7) is 4.47. The third-order valence-corrected chi connectivity index (χ3v) is 6.23. The van der Waals surface area contributed by atoms with Gasteiger partial charge in [-0.05, 0) is 24.0 Å². The zero-order chi connectivity index (χ0) is 19.5. The van der Waals surface area contributed by atoms with Crippen molar-refractivity contribution >= 4 is 40.0 Å². The predicted octanol–water partition coefficient (Wildman–Crippen LogP) is 4.80. The van der Waals surface area contributed by atoms with Crippen LogP contribution < -0.4 is 4.90 Å². The molecule has 1 aliphatic heterocycles. The van der Waals surface area contributed by atoms with Crippen molar-refractivity contribution < 1.29 is 0 Å². The smallest absolute Gasteiger partial charge is 0.116 e. The van der Waals surface area contributed by atoms with Gasteiger partial charge in [0.15, 0.2) is 0 Å². The van der Waals surface area contributed by atoms with Gasteiger partial charge in [-0.25, -0.2) is 4.98 Å². The van der Waals surface area contributed by atoms with E-state index >= 15 is 0 Å². The van der Waals surface area contributed by atoms with Gasteiger partial charge < -0.3 is 4.90 Å². The van der Waals surface area contributed by atoms with Crippen molar-refractivity contribution in [1.82, 2.24) is 9.88 Å². The molecule has 0 bridgehead atoms. The van der Waals surface area contributed by atoms with Crippen molar-refractivity contribution in [2.45, 2.75) is 11.6 Å². The Bertz CT molecular complexity index is 1040. The quantitative estimate of drug-likeness (QED) is 0.580. The molecule has 28 heavy (non-hydrogen) atoms. The summed E-state index contributed by atoms with van der Waals surface area (Å²) in [7, 11) is 0. The van der Waals surface area contributed by atoms with Crippen molar-refractivity contribution in [2.24, 2.45) is 0 Å². The van der Waals surface area contributed by atoms with Gasteiger partial charge in [0.25, 0.3) is 0 Å². The number of hydrogen-bond acceptors (Lipinski definition) is 5. The van der Waals surface area contributed by atoms with Crippen molar-refractivity contribution in [2.75, 3.05) is 37.3 Å². The van der Waals surface area contributed by atoms with Gasteiger partial charge in [-0.15, -0.1) is 11.8 Å². The van der Waals surface area contributed by atoms with E-state index in [0.717, 1.165) is 64.9 Å². The Balaban J connectivity index is 1.60. The van der Waals surface area contributed by atoms with E-state index in [4.69, 9.17) is 11.6 Å². The highest BCUT2D eigenvalue weighted by atomic mass is 35.5. The first-order valence-corrected chi connectivity index (χ1v) is 10.9. The molecule has 0 unspecified atom stereocenters. The maximum Gasteiger partial charge on any atom is 0.116 e. The molecule has 4 nitrogen and oxygen atoms in total. The van der Waals surface area contributed by atoms with Gasteiger partial charge in [0.05, 0.1) is 11.2 Å². The number of nitrogens with zero attached hydrogens (tertiary/aromatic N) is 4. The maximum atomic E-state index is 9.84. The molecular formula is C22H21ClN4S.